The number of ether oxygens (including phenoxy) is 2. The molecule has 1 aliphatic rings. The van der Waals surface area contributed by atoms with Gasteiger partial charge in [0.1, 0.15) is 24.1 Å². The topological polar surface area (TPSA) is 47.6 Å². The molecule has 1 aliphatic carbocycles. The molecule has 1 fully saturated rings. The standard InChI is InChI=1S/C15H18F3NO3.C2H6/c1-10-2-3-11(16)8-13(10)22-7-6-21-5-4-19-14(20)12-9-15(12,17)18;1-2/h2-3,8,12H,4-7,9H2,1H3,(H,19,20);1-2H3. The van der Waals surface area contributed by atoms with Crippen molar-refractivity contribution >= 4 is 5.91 Å². The van der Waals surface area contributed by atoms with Gasteiger partial charge in [0.15, 0.2) is 0 Å². The third kappa shape index (κ3) is 6.39. The van der Waals surface area contributed by atoms with Crippen LogP contribution in [0.5, 0.6) is 5.75 Å². The Morgan fingerprint density at radius 2 is 1.96 bits per heavy atom. The maximum absolute atomic E-state index is 13.0. The SMILES string of the molecule is CC.Cc1ccc(F)cc1OCCOCCNC(=O)C1CC1(F)F. The van der Waals surface area contributed by atoms with Gasteiger partial charge in [-0.3, -0.25) is 4.79 Å². The number of carbonyl (C=O) groups excluding carboxylic acids is 1. The van der Waals surface area contributed by atoms with Gasteiger partial charge in [-0.1, -0.05) is 19.9 Å². The van der Waals surface area contributed by atoms with E-state index in [2.05, 4.69) is 5.32 Å². The number of alkyl halides is 2. The van der Waals surface area contributed by atoms with E-state index in [-0.39, 0.29) is 38.6 Å². The van der Waals surface area contributed by atoms with Gasteiger partial charge in [0.2, 0.25) is 5.91 Å². The Labute approximate surface area is 140 Å². The summed E-state index contributed by atoms with van der Waals surface area (Å²) < 4.78 is 48.8. The van der Waals surface area contributed by atoms with Gasteiger partial charge in [-0.2, -0.15) is 0 Å². The smallest absolute Gasteiger partial charge is 0.260 e. The number of hydrogen-bond acceptors (Lipinski definition) is 3. The molecule has 1 amide bonds. The van der Waals surface area contributed by atoms with Crippen molar-refractivity contribution in [2.45, 2.75) is 33.1 Å². The molecule has 136 valence electrons. The minimum absolute atomic E-state index is 0.171. The zero-order valence-corrected chi connectivity index (χ0v) is 14.2. The van der Waals surface area contributed by atoms with E-state index in [1.807, 2.05) is 13.8 Å². The summed E-state index contributed by atoms with van der Waals surface area (Å²) in [7, 11) is 0. The van der Waals surface area contributed by atoms with Crippen molar-refractivity contribution in [2.75, 3.05) is 26.4 Å². The van der Waals surface area contributed by atoms with Gasteiger partial charge in [-0.05, 0) is 18.6 Å². The van der Waals surface area contributed by atoms with Gasteiger partial charge in [-0.25, -0.2) is 13.2 Å². The lowest BCUT2D eigenvalue weighted by Crippen LogP contribution is -2.30. The lowest BCUT2D eigenvalue weighted by atomic mass is 10.2. The molecule has 0 heterocycles. The number of aryl methyl sites for hydroxylation is 1. The second-order valence-corrected chi connectivity index (χ2v) is 5.18. The van der Waals surface area contributed by atoms with Crippen LogP contribution < -0.4 is 10.1 Å². The first-order chi connectivity index (χ1) is 11.4. The van der Waals surface area contributed by atoms with Crippen molar-refractivity contribution in [3.63, 3.8) is 0 Å². The highest BCUT2D eigenvalue weighted by Crippen LogP contribution is 2.48. The highest BCUT2D eigenvalue weighted by molar-refractivity contribution is 5.82. The van der Waals surface area contributed by atoms with Crippen molar-refractivity contribution in [1.29, 1.82) is 0 Å². The predicted octanol–water partition coefficient (Wildman–Crippen LogP) is 3.33. The van der Waals surface area contributed by atoms with E-state index in [0.29, 0.717) is 5.75 Å². The van der Waals surface area contributed by atoms with E-state index in [1.165, 1.54) is 12.1 Å². The van der Waals surface area contributed by atoms with Crippen LogP contribution in [-0.2, 0) is 9.53 Å². The number of benzene rings is 1. The van der Waals surface area contributed by atoms with Crippen LogP contribution in [0.15, 0.2) is 18.2 Å². The maximum Gasteiger partial charge on any atom is 0.260 e. The Morgan fingerprint density at radius 1 is 1.29 bits per heavy atom. The molecule has 7 heteroatoms. The van der Waals surface area contributed by atoms with E-state index in [4.69, 9.17) is 9.47 Å². The molecule has 24 heavy (non-hydrogen) atoms. The number of hydrogen-bond donors (Lipinski definition) is 1. The van der Waals surface area contributed by atoms with E-state index in [1.54, 1.807) is 13.0 Å². The quantitative estimate of drug-likeness (QED) is 0.734. The fourth-order valence-electron chi connectivity index (χ4n) is 1.91. The molecule has 1 unspecified atom stereocenters. The first-order valence-corrected chi connectivity index (χ1v) is 8.02. The molecule has 0 spiro atoms. The Morgan fingerprint density at radius 3 is 2.58 bits per heavy atom. The molecule has 2 rings (SSSR count). The van der Waals surface area contributed by atoms with Crippen molar-refractivity contribution in [3.05, 3.63) is 29.6 Å². The molecule has 0 bridgehead atoms. The van der Waals surface area contributed by atoms with E-state index < -0.39 is 17.7 Å². The van der Waals surface area contributed by atoms with Crippen LogP contribution in [0.2, 0.25) is 0 Å². The minimum atomic E-state index is -2.85. The largest absolute Gasteiger partial charge is 0.491 e. The van der Waals surface area contributed by atoms with Gasteiger partial charge in [0.05, 0.1) is 13.2 Å². The number of nitrogens with one attached hydrogen (secondary N) is 1. The molecule has 0 aromatic heterocycles. The van der Waals surface area contributed by atoms with Crippen LogP contribution in [-0.4, -0.2) is 38.2 Å². The molecule has 1 atom stereocenters. The van der Waals surface area contributed by atoms with Gasteiger partial charge in [0.25, 0.3) is 5.92 Å². The summed E-state index contributed by atoms with van der Waals surface area (Å²) in [5.74, 6) is -4.59. The summed E-state index contributed by atoms with van der Waals surface area (Å²) in [6.45, 7) is 6.67. The third-order valence-corrected chi connectivity index (χ3v) is 3.32. The normalized spacial score (nSPS) is 17.5. The molecule has 0 aliphatic heterocycles. The average molecular weight is 347 g/mol. The first kappa shape index (κ1) is 20.3. The Bertz CT molecular complexity index is 538. The fraction of sp³-hybridized carbons (Fsp3) is 0.588. The number of carbonyl (C=O) groups is 1. The molecule has 1 N–H and O–H groups in total. The van der Waals surface area contributed by atoms with E-state index in [0.717, 1.165) is 5.56 Å². The van der Waals surface area contributed by atoms with Gasteiger partial charge < -0.3 is 14.8 Å². The third-order valence-electron chi connectivity index (χ3n) is 3.32. The summed E-state index contributed by atoms with van der Waals surface area (Å²) in [5.41, 5.74) is 0.819. The number of amides is 1. The predicted molar refractivity (Wildman–Crippen MR) is 84.9 cm³/mol. The zero-order chi connectivity index (χ0) is 18.2. The fourth-order valence-corrected chi connectivity index (χ4v) is 1.91. The molecule has 0 radical (unpaired) electrons. The Hall–Kier alpha value is -1.76. The molecule has 1 aromatic rings. The van der Waals surface area contributed by atoms with Crippen molar-refractivity contribution in [3.8, 4) is 5.75 Å². The molecule has 4 nitrogen and oxygen atoms in total. The van der Waals surface area contributed by atoms with Crippen molar-refractivity contribution in [1.82, 2.24) is 5.32 Å². The van der Waals surface area contributed by atoms with Crippen LogP contribution >= 0.6 is 0 Å². The van der Waals surface area contributed by atoms with Gasteiger partial charge in [-0.15, -0.1) is 0 Å². The molecule has 0 saturated heterocycles. The molecule has 1 saturated carbocycles. The summed E-state index contributed by atoms with van der Waals surface area (Å²) >= 11 is 0. The summed E-state index contributed by atoms with van der Waals surface area (Å²) in [6, 6.07) is 4.27. The summed E-state index contributed by atoms with van der Waals surface area (Å²) in [4.78, 5) is 11.3. The molecule has 1 aromatic carbocycles. The number of halogens is 3. The van der Waals surface area contributed by atoms with Crippen LogP contribution in [0, 0.1) is 18.7 Å². The first-order valence-electron chi connectivity index (χ1n) is 8.02. The number of rotatable bonds is 8. The Balaban J connectivity index is 0.00000139. The molecular formula is C17H24F3NO3. The Kier molecular flexibility index (Phi) is 8.04. The summed E-state index contributed by atoms with van der Waals surface area (Å²) in [5, 5.41) is 2.39. The van der Waals surface area contributed by atoms with Crippen molar-refractivity contribution in [2.24, 2.45) is 5.92 Å². The van der Waals surface area contributed by atoms with Crippen LogP contribution in [0.4, 0.5) is 13.2 Å². The second-order valence-electron chi connectivity index (χ2n) is 5.18. The lowest BCUT2D eigenvalue weighted by molar-refractivity contribution is -0.124. The minimum Gasteiger partial charge on any atom is -0.491 e. The molecular weight excluding hydrogens is 323 g/mol. The van der Waals surface area contributed by atoms with Crippen LogP contribution in [0.3, 0.4) is 0 Å². The monoisotopic (exact) mass is 347 g/mol. The second kappa shape index (κ2) is 9.52. The average Bonchev–Trinajstić information content (AvgIpc) is 3.20. The lowest BCUT2D eigenvalue weighted by Gasteiger charge is -2.10. The summed E-state index contributed by atoms with van der Waals surface area (Å²) in [6.07, 6.45) is -0.374. The van der Waals surface area contributed by atoms with E-state index in [9.17, 15) is 18.0 Å². The van der Waals surface area contributed by atoms with Crippen LogP contribution in [0.25, 0.3) is 0 Å². The van der Waals surface area contributed by atoms with Gasteiger partial charge in [0, 0.05) is 19.0 Å². The highest BCUT2D eigenvalue weighted by atomic mass is 19.3. The van der Waals surface area contributed by atoms with Crippen LogP contribution in [0.1, 0.15) is 25.8 Å². The highest BCUT2D eigenvalue weighted by Gasteiger charge is 2.61. The zero-order valence-electron chi connectivity index (χ0n) is 14.2. The van der Waals surface area contributed by atoms with E-state index >= 15 is 0 Å². The van der Waals surface area contributed by atoms with Crippen molar-refractivity contribution < 1.29 is 27.4 Å². The maximum atomic E-state index is 13.0. The van der Waals surface area contributed by atoms with Gasteiger partial charge >= 0.3 is 0 Å².